The van der Waals surface area contributed by atoms with Gasteiger partial charge in [0.15, 0.2) is 17.0 Å². The number of imidazole rings is 1. The van der Waals surface area contributed by atoms with Crippen LogP contribution in [0, 0.1) is 0 Å². The van der Waals surface area contributed by atoms with Gasteiger partial charge < -0.3 is 25.6 Å². The van der Waals surface area contributed by atoms with Gasteiger partial charge in [0.1, 0.15) is 0 Å². The Kier molecular flexibility index (Phi) is 6.80. The average molecular weight is 370 g/mol. The summed E-state index contributed by atoms with van der Waals surface area (Å²) >= 11 is 0. The van der Waals surface area contributed by atoms with E-state index < -0.39 is 6.10 Å². The highest BCUT2D eigenvalue weighted by Crippen LogP contribution is 2.23. The lowest BCUT2D eigenvalue weighted by Gasteiger charge is -2.20. The topological polar surface area (TPSA) is 99.9 Å². The van der Waals surface area contributed by atoms with Crippen molar-refractivity contribution in [1.82, 2.24) is 24.8 Å². The third-order valence-electron chi connectivity index (χ3n) is 4.54. The van der Waals surface area contributed by atoms with Crippen molar-refractivity contribution in [2.45, 2.75) is 58.3 Å². The zero-order chi connectivity index (χ0) is 17.1. The molecule has 0 spiro atoms. The molecule has 2 aromatic rings. The first-order valence-electron chi connectivity index (χ1n) is 8.77. The summed E-state index contributed by atoms with van der Waals surface area (Å²) < 4.78 is 2.00. The summed E-state index contributed by atoms with van der Waals surface area (Å²) in [6.07, 6.45) is 3.18. The molecule has 4 N–H and O–H groups in total. The minimum Gasteiger partial charge on any atom is -0.391 e. The van der Waals surface area contributed by atoms with Gasteiger partial charge in [-0.25, -0.2) is 4.98 Å². The van der Waals surface area contributed by atoms with Gasteiger partial charge in [0.25, 0.3) is 0 Å². The maximum absolute atomic E-state index is 9.89. The van der Waals surface area contributed by atoms with Gasteiger partial charge in [-0.2, -0.15) is 9.97 Å². The van der Waals surface area contributed by atoms with Gasteiger partial charge >= 0.3 is 0 Å². The first kappa shape index (κ1) is 19.7. The number of rotatable bonds is 7. The second-order valence-electron chi connectivity index (χ2n) is 6.33. The first-order valence-corrected chi connectivity index (χ1v) is 8.77. The number of aliphatic hydroxyl groups is 1. The Morgan fingerprint density at radius 2 is 2.20 bits per heavy atom. The molecule has 1 fully saturated rings. The molecule has 1 saturated heterocycles. The number of nitrogens with zero attached hydrogens (tertiary/aromatic N) is 4. The zero-order valence-corrected chi connectivity index (χ0v) is 15.8. The molecule has 0 bridgehead atoms. The number of aryl methyl sites for hydroxylation is 1. The Morgan fingerprint density at radius 3 is 2.80 bits per heavy atom. The average Bonchev–Trinajstić information content (AvgIpc) is 3.21. The molecule has 9 heteroatoms. The Labute approximate surface area is 154 Å². The van der Waals surface area contributed by atoms with Crippen LogP contribution in [0.2, 0.25) is 0 Å². The summed E-state index contributed by atoms with van der Waals surface area (Å²) in [5.74, 6) is 1.28. The maximum Gasteiger partial charge on any atom is 0.227 e. The van der Waals surface area contributed by atoms with Crippen LogP contribution in [0.3, 0.4) is 0 Å². The molecule has 0 saturated carbocycles. The number of anilines is 2. The molecule has 3 heterocycles. The predicted octanol–water partition coefficient (Wildman–Crippen LogP) is 1.61. The van der Waals surface area contributed by atoms with Crippen LogP contribution in [0.1, 0.15) is 33.6 Å². The number of hydrogen-bond donors (Lipinski definition) is 4. The predicted molar refractivity (Wildman–Crippen MR) is 103 cm³/mol. The van der Waals surface area contributed by atoms with Gasteiger partial charge in [0.05, 0.1) is 18.5 Å². The molecule has 25 heavy (non-hydrogen) atoms. The number of fused-ring (bicyclic) bond motifs is 1. The number of aliphatic hydroxyl groups excluding tert-OH is 1. The zero-order valence-electron chi connectivity index (χ0n) is 15.0. The minimum absolute atomic E-state index is 0. The van der Waals surface area contributed by atoms with E-state index in [1.54, 1.807) is 13.3 Å². The number of nitrogens with one attached hydrogen (secondary N) is 3. The maximum atomic E-state index is 9.89. The third kappa shape index (κ3) is 4.31. The fourth-order valence-corrected chi connectivity index (χ4v) is 3.04. The monoisotopic (exact) mass is 369 g/mol. The molecule has 0 aromatic carbocycles. The SMILES string of the molecule is CC[C@H](Nc1nc(N[C@H]2CCNC2)c2ncn(CC)c2n1)[C@@H](C)O.Cl. The normalized spacial score (nSPS) is 19.4. The largest absolute Gasteiger partial charge is 0.391 e. The Balaban J connectivity index is 0.00000225. The second kappa shape index (κ2) is 8.64. The fraction of sp³-hybridized carbons (Fsp3) is 0.688. The molecule has 2 aromatic heterocycles. The highest BCUT2D eigenvalue weighted by Gasteiger charge is 2.20. The van der Waals surface area contributed by atoms with Crippen molar-refractivity contribution in [2.75, 3.05) is 23.7 Å². The molecule has 3 rings (SSSR count). The van der Waals surface area contributed by atoms with E-state index in [-0.39, 0.29) is 18.4 Å². The van der Waals surface area contributed by atoms with E-state index >= 15 is 0 Å². The lowest BCUT2D eigenvalue weighted by molar-refractivity contribution is 0.169. The van der Waals surface area contributed by atoms with Crippen molar-refractivity contribution >= 4 is 35.3 Å². The first-order chi connectivity index (χ1) is 11.6. The standard InChI is InChI=1S/C16H27N7O.ClH/c1-4-12(10(3)24)20-16-21-14(19-11-6-7-17-8-11)13-15(22-16)23(5-2)9-18-13;/h9-12,17,24H,4-8H2,1-3H3,(H2,19,20,21,22);1H/t10-,11+,12+;/m1./s1. The molecule has 140 valence electrons. The van der Waals surface area contributed by atoms with Gasteiger partial charge in [-0.1, -0.05) is 6.92 Å². The van der Waals surface area contributed by atoms with Crippen molar-refractivity contribution in [3.63, 3.8) is 0 Å². The number of hydrogen-bond acceptors (Lipinski definition) is 7. The van der Waals surface area contributed by atoms with Crippen molar-refractivity contribution < 1.29 is 5.11 Å². The summed E-state index contributed by atoms with van der Waals surface area (Å²) in [5, 5.41) is 20.0. The van der Waals surface area contributed by atoms with Crippen molar-refractivity contribution in [3.05, 3.63) is 6.33 Å². The molecule has 1 aliphatic heterocycles. The van der Waals surface area contributed by atoms with Gasteiger partial charge in [0, 0.05) is 19.1 Å². The van der Waals surface area contributed by atoms with E-state index in [0.717, 1.165) is 49.5 Å². The van der Waals surface area contributed by atoms with Crippen LogP contribution in [0.25, 0.3) is 11.2 Å². The van der Waals surface area contributed by atoms with Gasteiger partial charge in [0.2, 0.25) is 5.95 Å². The van der Waals surface area contributed by atoms with Crippen LogP contribution in [0.15, 0.2) is 6.33 Å². The van der Waals surface area contributed by atoms with Crippen LogP contribution < -0.4 is 16.0 Å². The van der Waals surface area contributed by atoms with Crippen LogP contribution in [-0.2, 0) is 6.54 Å². The van der Waals surface area contributed by atoms with E-state index in [9.17, 15) is 5.11 Å². The third-order valence-corrected chi connectivity index (χ3v) is 4.54. The number of aromatic nitrogens is 4. The Hall–Kier alpha value is -1.64. The number of halogens is 1. The van der Waals surface area contributed by atoms with Crippen molar-refractivity contribution in [1.29, 1.82) is 0 Å². The van der Waals surface area contributed by atoms with Crippen molar-refractivity contribution in [3.8, 4) is 0 Å². The molecular weight excluding hydrogens is 342 g/mol. The summed E-state index contributed by atoms with van der Waals surface area (Å²) in [5.41, 5.74) is 1.60. The molecule has 0 aliphatic carbocycles. The highest BCUT2D eigenvalue weighted by atomic mass is 35.5. The Morgan fingerprint density at radius 1 is 1.40 bits per heavy atom. The van der Waals surface area contributed by atoms with E-state index in [1.807, 2.05) is 11.5 Å². The molecule has 0 radical (unpaired) electrons. The fourth-order valence-electron chi connectivity index (χ4n) is 3.04. The van der Waals surface area contributed by atoms with Gasteiger partial charge in [-0.05, 0) is 33.2 Å². The van der Waals surface area contributed by atoms with E-state index in [4.69, 9.17) is 0 Å². The summed E-state index contributed by atoms with van der Waals surface area (Å²) in [7, 11) is 0. The van der Waals surface area contributed by atoms with E-state index in [0.29, 0.717) is 12.0 Å². The second-order valence-corrected chi connectivity index (χ2v) is 6.33. The molecular formula is C16H28ClN7O. The van der Waals surface area contributed by atoms with E-state index in [1.165, 1.54) is 0 Å². The van der Waals surface area contributed by atoms with E-state index in [2.05, 4.69) is 37.8 Å². The van der Waals surface area contributed by atoms with Crippen LogP contribution >= 0.6 is 12.4 Å². The summed E-state index contributed by atoms with van der Waals surface area (Å²) in [6.45, 7) is 8.61. The summed E-state index contributed by atoms with van der Waals surface area (Å²) in [4.78, 5) is 13.7. The van der Waals surface area contributed by atoms with Gasteiger partial charge in [-0.15, -0.1) is 12.4 Å². The molecule has 3 atom stereocenters. The lowest BCUT2D eigenvalue weighted by Crippen LogP contribution is -2.31. The highest BCUT2D eigenvalue weighted by molar-refractivity contribution is 5.85. The quantitative estimate of drug-likeness (QED) is 0.588. The smallest absolute Gasteiger partial charge is 0.227 e. The van der Waals surface area contributed by atoms with Crippen LogP contribution in [0.4, 0.5) is 11.8 Å². The van der Waals surface area contributed by atoms with Gasteiger partial charge in [-0.3, -0.25) is 0 Å². The Bertz CT molecular complexity index is 684. The van der Waals surface area contributed by atoms with Crippen LogP contribution in [-0.4, -0.2) is 55.9 Å². The minimum atomic E-state index is -0.471. The summed E-state index contributed by atoms with van der Waals surface area (Å²) in [6, 6.07) is 0.267. The van der Waals surface area contributed by atoms with Crippen LogP contribution in [0.5, 0.6) is 0 Å². The molecule has 0 unspecified atom stereocenters. The molecule has 0 amide bonds. The molecule has 1 aliphatic rings. The van der Waals surface area contributed by atoms with Crippen molar-refractivity contribution in [2.24, 2.45) is 0 Å². The molecule has 8 nitrogen and oxygen atoms in total. The lowest BCUT2D eigenvalue weighted by atomic mass is 10.1.